The van der Waals surface area contributed by atoms with Crippen molar-refractivity contribution in [2.24, 2.45) is 0 Å². The van der Waals surface area contributed by atoms with Gasteiger partial charge in [-0.25, -0.2) is 4.79 Å². The number of carbonyl (C=O) groups excluding carboxylic acids is 3. The maximum atomic E-state index is 12.3. The van der Waals surface area contributed by atoms with Crippen molar-refractivity contribution in [3.8, 4) is 0 Å². The van der Waals surface area contributed by atoms with Crippen LogP contribution < -0.4 is 0 Å². The summed E-state index contributed by atoms with van der Waals surface area (Å²) in [6, 6.07) is 0. The summed E-state index contributed by atoms with van der Waals surface area (Å²) in [7, 11) is 0. The van der Waals surface area contributed by atoms with Crippen LogP contribution in [0.1, 0.15) is 47.0 Å². The van der Waals surface area contributed by atoms with Crippen molar-refractivity contribution in [3.63, 3.8) is 0 Å². The zero-order valence-corrected chi connectivity index (χ0v) is 15.5. The van der Waals surface area contributed by atoms with Crippen LogP contribution in [0.15, 0.2) is 22.8 Å². The Bertz CT molecular complexity index is 705. The molecule has 0 aromatic heterocycles. The van der Waals surface area contributed by atoms with Crippen molar-refractivity contribution in [1.29, 1.82) is 0 Å². The van der Waals surface area contributed by atoms with Crippen LogP contribution in [0.3, 0.4) is 0 Å². The summed E-state index contributed by atoms with van der Waals surface area (Å²) in [5.74, 6) is -1.29. The first-order chi connectivity index (χ1) is 12.2. The molecule has 4 atom stereocenters. The predicted octanol–water partition coefficient (Wildman–Crippen LogP) is 1.99. The van der Waals surface area contributed by atoms with Gasteiger partial charge in [-0.05, 0) is 43.9 Å². The summed E-state index contributed by atoms with van der Waals surface area (Å²) in [6.07, 6.45) is 2.76. The van der Waals surface area contributed by atoms with E-state index >= 15 is 0 Å². The molecular formula is C19H24O7. The van der Waals surface area contributed by atoms with Gasteiger partial charge in [0.2, 0.25) is 0 Å². The molecule has 0 radical (unpaired) electrons. The first-order valence-corrected chi connectivity index (χ1v) is 8.79. The zero-order valence-electron chi connectivity index (χ0n) is 15.5. The molecular weight excluding hydrogens is 340 g/mol. The van der Waals surface area contributed by atoms with Crippen LogP contribution in [-0.4, -0.2) is 48.4 Å². The van der Waals surface area contributed by atoms with E-state index in [4.69, 9.17) is 18.9 Å². The van der Waals surface area contributed by atoms with Crippen molar-refractivity contribution in [2.75, 3.05) is 6.61 Å². The maximum Gasteiger partial charge on any atom is 0.338 e. The van der Waals surface area contributed by atoms with E-state index in [1.807, 2.05) is 19.9 Å². The van der Waals surface area contributed by atoms with Gasteiger partial charge in [0.05, 0.1) is 17.3 Å². The second-order valence-corrected chi connectivity index (χ2v) is 7.27. The minimum atomic E-state index is -0.537. The third-order valence-corrected chi connectivity index (χ3v) is 5.22. The van der Waals surface area contributed by atoms with Crippen LogP contribution in [0.4, 0.5) is 0 Å². The van der Waals surface area contributed by atoms with Crippen LogP contribution in [0, 0.1) is 0 Å². The highest BCUT2D eigenvalue weighted by Crippen LogP contribution is 2.46. The summed E-state index contributed by atoms with van der Waals surface area (Å²) in [6.45, 7) is 6.44. The van der Waals surface area contributed by atoms with E-state index in [0.717, 1.165) is 11.1 Å². The monoisotopic (exact) mass is 364 g/mol. The topological polar surface area (TPSA) is 91.4 Å². The number of hydrogen-bond acceptors (Lipinski definition) is 7. The Morgan fingerprint density at radius 1 is 1.31 bits per heavy atom. The number of epoxide rings is 1. The Morgan fingerprint density at radius 3 is 2.69 bits per heavy atom. The van der Waals surface area contributed by atoms with Gasteiger partial charge in [0.25, 0.3) is 0 Å². The van der Waals surface area contributed by atoms with E-state index in [-0.39, 0.29) is 24.3 Å². The highest BCUT2D eigenvalue weighted by Gasteiger charge is 2.53. The fourth-order valence-electron chi connectivity index (χ4n) is 3.57. The van der Waals surface area contributed by atoms with Gasteiger partial charge in [0.15, 0.2) is 0 Å². The lowest BCUT2D eigenvalue weighted by Crippen LogP contribution is -2.25. The predicted molar refractivity (Wildman–Crippen MR) is 90.0 cm³/mol. The van der Waals surface area contributed by atoms with Crippen LogP contribution in [0.25, 0.3) is 0 Å². The van der Waals surface area contributed by atoms with E-state index in [9.17, 15) is 14.4 Å². The van der Waals surface area contributed by atoms with Crippen LogP contribution in [-0.2, 0) is 33.3 Å². The molecule has 0 bridgehead atoms. The summed E-state index contributed by atoms with van der Waals surface area (Å²) < 4.78 is 21.8. The molecule has 1 aliphatic carbocycles. The molecule has 0 aromatic rings. The molecule has 0 saturated carbocycles. The lowest BCUT2D eigenvalue weighted by Gasteiger charge is -2.21. The van der Waals surface area contributed by atoms with Gasteiger partial charge in [0, 0.05) is 20.3 Å². The van der Waals surface area contributed by atoms with Gasteiger partial charge >= 0.3 is 17.9 Å². The SMILES string of the molecule is CC(=O)OCC1=C2CC[C@@]3(C)O[C@@H]3C[C@H](OC(C)=O)/C(C)=C/[C@H]2OC1=O. The Morgan fingerprint density at radius 2 is 2.04 bits per heavy atom. The summed E-state index contributed by atoms with van der Waals surface area (Å²) >= 11 is 0. The molecule has 0 amide bonds. The maximum absolute atomic E-state index is 12.3. The summed E-state index contributed by atoms with van der Waals surface area (Å²) in [5, 5.41) is 0. The molecule has 1 fully saturated rings. The quantitative estimate of drug-likeness (QED) is 0.327. The number of ether oxygens (including phenoxy) is 4. The molecule has 2 heterocycles. The molecule has 0 N–H and O–H groups in total. The Kier molecular flexibility index (Phi) is 4.92. The van der Waals surface area contributed by atoms with Gasteiger partial charge in [-0.2, -0.15) is 0 Å². The molecule has 1 saturated heterocycles. The number of rotatable bonds is 3. The summed E-state index contributed by atoms with van der Waals surface area (Å²) in [4.78, 5) is 34.8. The largest absolute Gasteiger partial charge is 0.461 e. The van der Waals surface area contributed by atoms with E-state index in [1.165, 1.54) is 13.8 Å². The highest BCUT2D eigenvalue weighted by atomic mass is 16.6. The second kappa shape index (κ2) is 6.87. The summed E-state index contributed by atoms with van der Waals surface area (Å²) in [5.41, 5.74) is 1.68. The molecule has 3 rings (SSSR count). The molecule has 2 aliphatic heterocycles. The fraction of sp³-hybridized carbons (Fsp3) is 0.632. The minimum absolute atomic E-state index is 0.00212. The zero-order chi connectivity index (χ0) is 19.1. The fourth-order valence-corrected chi connectivity index (χ4v) is 3.57. The average molecular weight is 364 g/mol. The van der Waals surface area contributed by atoms with E-state index in [0.29, 0.717) is 24.8 Å². The van der Waals surface area contributed by atoms with Gasteiger partial charge in [-0.1, -0.05) is 0 Å². The molecule has 7 heteroatoms. The van der Waals surface area contributed by atoms with Gasteiger partial charge in [-0.15, -0.1) is 0 Å². The molecule has 26 heavy (non-hydrogen) atoms. The van der Waals surface area contributed by atoms with E-state index in [2.05, 4.69) is 0 Å². The molecule has 3 aliphatic rings. The molecule has 7 nitrogen and oxygen atoms in total. The number of hydrogen-bond donors (Lipinski definition) is 0. The van der Waals surface area contributed by atoms with E-state index < -0.39 is 24.1 Å². The Hall–Kier alpha value is -2.15. The first-order valence-electron chi connectivity index (χ1n) is 8.79. The minimum Gasteiger partial charge on any atom is -0.461 e. The third-order valence-electron chi connectivity index (χ3n) is 5.22. The average Bonchev–Trinajstić information content (AvgIpc) is 3.06. The Balaban J connectivity index is 1.93. The number of esters is 3. The van der Waals surface area contributed by atoms with Gasteiger partial charge < -0.3 is 18.9 Å². The van der Waals surface area contributed by atoms with Crippen molar-refractivity contribution >= 4 is 17.9 Å². The van der Waals surface area contributed by atoms with Crippen molar-refractivity contribution < 1.29 is 33.3 Å². The van der Waals surface area contributed by atoms with Crippen LogP contribution in [0.2, 0.25) is 0 Å². The third kappa shape index (κ3) is 3.82. The normalized spacial score (nSPS) is 35.5. The van der Waals surface area contributed by atoms with Crippen molar-refractivity contribution in [1.82, 2.24) is 0 Å². The smallest absolute Gasteiger partial charge is 0.338 e. The number of fused-ring (bicyclic) bond motifs is 2. The van der Waals surface area contributed by atoms with Gasteiger partial charge in [0.1, 0.15) is 18.8 Å². The molecule has 0 aromatic carbocycles. The van der Waals surface area contributed by atoms with Crippen LogP contribution in [0.5, 0.6) is 0 Å². The highest BCUT2D eigenvalue weighted by molar-refractivity contribution is 5.93. The lowest BCUT2D eigenvalue weighted by molar-refractivity contribution is -0.146. The lowest BCUT2D eigenvalue weighted by atomic mass is 9.88. The van der Waals surface area contributed by atoms with E-state index in [1.54, 1.807) is 0 Å². The number of carbonyl (C=O) groups is 3. The standard InChI is InChI=1S/C19H24O7/c1-10-7-16-13(14(18(22)25-16)9-23-11(2)20)5-6-19(4)17(26-19)8-15(10)24-12(3)21/h7,15-17H,5-6,8-9H2,1-4H3/b10-7+/t15-,16+,17+,19+/m0/s1. The molecule has 142 valence electrons. The van der Waals surface area contributed by atoms with Crippen molar-refractivity contribution in [2.45, 2.75) is 70.9 Å². The first kappa shape index (κ1) is 18.6. The Labute approximate surface area is 152 Å². The van der Waals surface area contributed by atoms with Crippen molar-refractivity contribution in [3.05, 3.63) is 22.8 Å². The molecule has 0 unspecified atom stereocenters. The van der Waals surface area contributed by atoms with Crippen LogP contribution >= 0.6 is 0 Å². The van der Waals surface area contributed by atoms with Gasteiger partial charge in [-0.3, -0.25) is 9.59 Å². The molecule has 0 spiro atoms. The second-order valence-electron chi connectivity index (χ2n) is 7.27.